The standard InChI is InChI=1S/C27H34N2O5/c1-16(2)34-25(30)23-17(3)28-26(31)29-24(23)19-10-13-21(22(14-19)32-7)33-15-18-8-11-20(12-9-18)27(4,5)6/h8-14,16,24H,15H2,1-7H3,(H2,28,29,31). The van der Waals surface area contributed by atoms with E-state index in [1.165, 1.54) is 5.56 Å². The first-order valence-electron chi connectivity index (χ1n) is 11.4. The molecule has 1 aliphatic rings. The summed E-state index contributed by atoms with van der Waals surface area (Å²) in [7, 11) is 1.56. The van der Waals surface area contributed by atoms with E-state index in [-0.39, 0.29) is 17.6 Å². The average molecular weight is 467 g/mol. The zero-order chi connectivity index (χ0) is 25.0. The number of benzene rings is 2. The van der Waals surface area contributed by atoms with E-state index in [4.69, 9.17) is 14.2 Å². The number of carbonyl (C=O) groups excluding carboxylic acids is 2. The molecule has 0 radical (unpaired) electrons. The van der Waals surface area contributed by atoms with Crippen molar-refractivity contribution in [2.45, 2.75) is 65.7 Å². The second-order valence-corrected chi connectivity index (χ2v) is 9.67. The third kappa shape index (κ3) is 5.90. The van der Waals surface area contributed by atoms with Crippen molar-refractivity contribution in [3.8, 4) is 11.5 Å². The minimum Gasteiger partial charge on any atom is -0.493 e. The zero-order valence-electron chi connectivity index (χ0n) is 20.9. The van der Waals surface area contributed by atoms with Crippen LogP contribution < -0.4 is 20.1 Å². The highest BCUT2D eigenvalue weighted by Crippen LogP contribution is 2.35. The highest BCUT2D eigenvalue weighted by Gasteiger charge is 2.33. The fourth-order valence-electron chi connectivity index (χ4n) is 3.74. The number of allylic oxidation sites excluding steroid dienone is 1. The summed E-state index contributed by atoms with van der Waals surface area (Å²) in [6.45, 7) is 12.2. The van der Waals surface area contributed by atoms with E-state index >= 15 is 0 Å². The maximum absolute atomic E-state index is 12.7. The Kier molecular flexibility index (Phi) is 7.54. The molecule has 2 N–H and O–H groups in total. The number of amides is 2. The number of ether oxygens (including phenoxy) is 3. The van der Waals surface area contributed by atoms with Gasteiger partial charge >= 0.3 is 12.0 Å². The van der Waals surface area contributed by atoms with Crippen molar-refractivity contribution in [1.29, 1.82) is 0 Å². The molecule has 1 heterocycles. The summed E-state index contributed by atoms with van der Waals surface area (Å²) >= 11 is 0. The minimum atomic E-state index is -0.673. The van der Waals surface area contributed by atoms with Gasteiger partial charge in [0.2, 0.25) is 0 Å². The molecule has 7 heteroatoms. The molecule has 1 aliphatic heterocycles. The van der Waals surface area contributed by atoms with E-state index in [1.54, 1.807) is 40.0 Å². The molecular formula is C27H34N2O5. The quantitative estimate of drug-likeness (QED) is 0.551. The Labute approximate surface area is 201 Å². The Morgan fingerprint density at radius 3 is 2.32 bits per heavy atom. The van der Waals surface area contributed by atoms with E-state index in [1.807, 2.05) is 6.07 Å². The smallest absolute Gasteiger partial charge is 0.338 e. The lowest BCUT2D eigenvalue weighted by atomic mass is 9.87. The second kappa shape index (κ2) is 10.2. The predicted octanol–water partition coefficient (Wildman–Crippen LogP) is 5.15. The van der Waals surface area contributed by atoms with Crippen LogP contribution in [0.5, 0.6) is 11.5 Å². The van der Waals surface area contributed by atoms with Gasteiger partial charge in [0.15, 0.2) is 11.5 Å². The van der Waals surface area contributed by atoms with Gasteiger partial charge in [-0.05, 0) is 55.0 Å². The van der Waals surface area contributed by atoms with Crippen LogP contribution in [0.25, 0.3) is 0 Å². The molecule has 0 bridgehead atoms. The van der Waals surface area contributed by atoms with Crippen LogP contribution in [0, 0.1) is 0 Å². The molecule has 0 aliphatic carbocycles. The summed E-state index contributed by atoms with van der Waals surface area (Å²) in [6.07, 6.45) is -0.283. The van der Waals surface area contributed by atoms with Gasteiger partial charge in [0.1, 0.15) is 6.61 Å². The number of hydrogen-bond acceptors (Lipinski definition) is 5. The summed E-state index contributed by atoms with van der Waals surface area (Å²) < 4.78 is 17.0. The highest BCUT2D eigenvalue weighted by atomic mass is 16.5. The maximum Gasteiger partial charge on any atom is 0.338 e. The van der Waals surface area contributed by atoms with Crippen LogP contribution in [0.1, 0.15) is 64.3 Å². The zero-order valence-corrected chi connectivity index (χ0v) is 20.9. The number of hydrogen-bond donors (Lipinski definition) is 2. The van der Waals surface area contributed by atoms with Gasteiger partial charge in [-0.15, -0.1) is 0 Å². The first-order valence-corrected chi connectivity index (χ1v) is 11.4. The fraction of sp³-hybridized carbons (Fsp3) is 0.407. The first kappa shape index (κ1) is 25.1. The molecule has 2 amide bonds. The monoisotopic (exact) mass is 466 g/mol. The highest BCUT2D eigenvalue weighted by molar-refractivity contribution is 5.95. The van der Waals surface area contributed by atoms with E-state index in [0.29, 0.717) is 34.9 Å². The van der Waals surface area contributed by atoms with Crippen molar-refractivity contribution in [3.05, 3.63) is 70.4 Å². The molecule has 3 rings (SSSR count). The van der Waals surface area contributed by atoms with Crippen molar-refractivity contribution < 1.29 is 23.8 Å². The van der Waals surface area contributed by atoms with E-state index < -0.39 is 12.0 Å². The van der Waals surface area contributed by atoms with Crippen molar-refractivity contribution in [2.75, 3.05) is 7.11 Å². The molecular weight excluding hydrogens is 432 g/mol. The molecule has 1 atom stereocenters. The fourth-order valence-corrected chi connectivity index (χ4v) is 3.74. The lowest BCUT2D eigenvalue weighted by Crippen LogP contribution is -2.45. The van der Waals surface area contributed by atoms with Gasteiger partial charge in [-0.3, -0.25) is 0 Å². The summed E-state index contributed by atoms with van der Waals surface area (Å²) in [5.74, 6) is 0.590. The number of nitrogens with one attached hydrogen (secondary N) is 2. The second-order valence-electron chi connectivity index (χ2n) is 9.67. The molecule has 0 fully saturated rings. The molecule has 0 saturated carbocycles. The van der Waals surface area contributed by atoms with Gasteiger partial charge in [-0.2, -0.15) is 0 Å². The lowest BCUT2D eigenvalue weighted by Gasteiger charge is -2.29. The lowest BCUT2D eigenvalue weighted by molar-refractivity contribution is -0.143. The number of esters is 1. The van der Waals surface area contributed by atoms with Gasteiger partial charge in [-0.25, -0.2) is 9.59 Å². The normalized spacial score (nSPS) is 16.1. The van der Waals surface area contributed by atoms with Crippen molar-refractivity contribution in [2.24, 2.45) is 0 Å². The van der Waals surface area contributed by atoms with Crippen LogP contribution in [0.4, 0.5) is 4.79 Å². The van der Waals surface area contributed by atoms with Gasteiger partial charge in [0, 0.05) is 5.70 Å². The third-order valence-corrected chi connectivity index (χ3v) is 5.57. The van der Waals surface area contributed by atoms with E-state index in [0.717, 1.165) is 5.56 Å². The minimum absolute atomic E-state index is 0.0930. The third-order valence-electron chi connectivity index (χ3n) is 5.57. The van der Waals surface area contributed by atoms with E-state index in [9.17, 15) is 9.59 Å². The average Bonchev–Trinajstić information content (AvgIpc) is 2.76. The molecule has 0 saturated heterocycles. The van der Waals surface area contributed by atoms with Crippen molar-refractivity contribution in [3.63, 3.8) is 0 Å². The first-order chi connectivity index (χ1) is 16.0. The molecule has 0 aromatic heterocycles. The van der Waals surface area contributed by atoms with Crippen molar-refractivity contribution >= 4 is 12.0 Å². The summed E-state index contributed by atoms with van der Waals surface area (Å²) in [4.78, 5) is 24.9. The van der Waals surface area contributed by atoms with Crippen molar-refractivity contribution in [1.82, 2.24) is 10.6 Å². The summed E-state index contributed by atoms with van der Waals surface area (Å²) in [5.41, 5.74) is 3.89. The van der Waals surface area contributed by atoms with Gasteiger partial charge in [0.05, 0.1) is 24.8 Å². The summed E-state index contributed by atoms with van der Waals surface area (Å²) in [6, 6.07) is 12.7. The molecule has 7 nitrogen and oxygen atoms in total. The maximum atomic E-state index is 12.7. The van der Waals surface area contributed by atoms with Crippen LogP contribution in [0.3, 0.4) is 0 Å². The number of carbonyl (C=O) groups is 2. The van der Waals surface area contributed by atoms with Crippen LogP contribution in [0.2, 0.25) is 0 Å². The number of urea groups is 1. The molecule has 34 heavy (non-hydrogen) atoms. The predicted molar refractivity (Wildman–Crippen MR) is 131 cm³/mol. The van der Waals surface area contributed by atoms with Crippen LogP contribution >= 0.6 is 0 Å². The van der Waals surface area contributed by atoms with Crippen LogP contribution in [-0.2, 0) is 21.6 Å². The topological polar surface area (TPSA) is 85.9 Å². The van der Waals surface area contributed by atoms with Gasteiger partial charge < -0.3 is 24.8 Å². The van der Waals surface area contributed by atoms with Crippen LogP contribution in [0.15, 0.2) is 53.7 Å². The van der Waals surface area contributed by atoms with Crippen LogP contribution in [-0.4, -0.2) is 25.2 Å². The Bertz CT molecular complexity index is 1080. The van der Waals surface area contributed by atoms with Gasteiger partial charge in [0.25, 0.3) is 0 Å². The Hall–Kier alpha value is -3.48. The summed E-state index contributed by atoms with van der Waals surface area (Å²) in [5, 5.41) is 5.46. The Morgan fingerprint density at radius 2 is 1.74 bits per heavy atom. The number of methoxy groups -OCH3 is 1. The molecule has 1 unspecified atom stereocenters. The molecule has 182 valence electrons. The number of rotatable bonds is 7. The Morgan fingerprint density at radius 1 is 1.06 bits per heavy atom. The molecule has 2 aromatic carbocycles. The van der Waals surface area contributed by atoms with Gasteiger partial charge in [-0.1, -0.05) is 51.1 Å². The Balaban J connectivity index is 1.82. The largest absolute Gasteiger partial charge is 0.493 e. The molecule has 2 aromatic rings. The SMILES string of the molecule is COc1cc(C2NC(=O)NC(C)=C2C(=O)OC(C)C)ccc1OCc1ccc(C(C)(C)C)cc1. The van der Waals surface area contributed by atoms with E-state index in [2.05, 4.69) is 55.7 Å². The molecule has 0 spiro atoms.